The fourth-order valence-electron chi connectivity index (χ4n) is 3.59. The Balaban J connectivity index is 0.00000196. The summed E-state index contributed by atoms with van der Waals surface area (Å²) in [5.74, 6) is 3.30. The summed E-state index contributed by atoms with van der Waals surface area (Å²) in [5, 5.41) is 0. The normalized spacial score (nSPS) is 15.3. The van der Waals surface area contributed by atoms with Gasteiger partial charge in [0.1, 0.15) is 17.4 Å². The second-order valence-electron chi connectivity index (χ2n) is 6.61. The van der Waals surface area contributed by atoms with Crippen molar-refractivity contribution in [3.8, 4) is 11.6 Å². The van der Waals surface area contributed by atoms with Crippen LogP contribution in [0.5, 0.6) is 5.75 Å². The average Bonchev–Trinajstić information content (AvgIpc) is 3.05. The van der Waals surface area contributed by atoms with Crippen molar-refractivity contribution in [1.29, 1.82) is 0 Å². The molecule has 1 saturated carbocycles. The van der Waals surface area contributed by atoms with Gasteiger partial charge in [-0.05, 0) is 49.1 Å². The van der Waals surface area contributed by atoms with Gasteiger partial charge in [-0.25, -0.2) is 9.97 Å². The minimum Gasteiger partial charge on any atom is -0.497 e. The summed E-state index contributed by atoms with van der Waals surface area (Å²) >= 11 is 0. The fourth-order valence-corrected chi connectivity index (χ4v) is 3.59. The van der Waals surface area contributed by atoms with Crippen LogP contribution in [0, 0.1) is 5.92 Å². The maximum atomic E-state index is 5.35. The van der Waals surface area contributed by atoms with Gasteiger partial charge in [0.05, 0.1) is 18.1 Å². The third kappa shape index (κ3) is 3.75. The van der Waals surface area contributed by atoms with E-state index < -0.39 is 0 Å². The second kappa shape index (κ2) is 8.37. The zero-order valence-electron chi connectivity index (χ0n) is 15.0. The maximum absolute atomic E-state index is 5.35. The molecule has 0 N–H and O–H groups in total. The van der Waals surface area contributed by atoms with E-state index in [0.29, 0.717) is 5.92 Å². The SMILES string of the molecule is COc1ccc2c(c1)nc(C=CC1CCCCC1)n2-c1ccccn1.Cl. The van der Waals surface area contributed by atoms with Gasteiger partial charge in [-0.2, -0.15) is 0 Å². The van der Waals surface area contributed by atoms with Crippen molar-refractivity contribution in [2.75, 3.05) is 7.11 Å². The van der Waals surface area contributed by atoms with Crippen molar-refractivity contribution in [2.24, 2.45) is 5.92 Å². The Morgan fingerprint density at radius 2 is 1.96 bits per heavy atom. The summed E-state index contributed by atoms with van der Waals surface area (Å²) in [7, 11) is 1.68. The number of rotatable bonds is 4. The van der Waals surface area contributed by atoms with Gasteiger partial charge in [-0.3, -0.25) is 4.57 Å². The lowest BCUT2D eigenvalue weighted by molar-refractivity contribution is 0.415. The molecule has 5 heteroatoms. The third-order valence-electron chi connectivity index (χ3n) is 4.93. The van der Waals surface area contributed by atoms with Gasteiger partial charge in [-0.15, -0.1) is 12.4 Å². The molecule has 0 radical (unpaired) electrons. The molecule has 0 spiro atoms. The molecule has 4 nitrogen and oxygen atoms in total. The molecule has 0 saturated heterocycles. The number of pyridine rings is 1. The minimum absolute atomic E-state index is 0. The Hall–Kier alpha value is -2.33. The van der Waals surface area contributed by atoms with E-state index in [1.54, 1.807) is 7.11 Å². The van der Waals surface area contributed by atoms with E-state index in [4.69, 9.17) is 9.72 Å². The number of methoxy groups -OCH3 is 1. The molecule has 136 valence electrons. The zero-order valence-corrected chi connectivity index (χ0v) is 15.8. The van der Waals surface area contributed by atoms with Crippen LogP contribution < -0.4 is 4.74 Å². The molecular weight excluding hydrogens is 346 g/mol. The van der Waals surface area contributed by atoms with Crippen molar-refractivity contribution in [3.63, 3.8) is 0 Å². The van der Waals surface area contributed by atoms with E-state index in [-0.39, 0.29) is 12.4 Å². The summed E-state index contributed by atoms with van der Waals surface area (Å²) in [4.78, 5) is 9.37. The lowest BCUT2D eigenvalue weighted by Gasteiger charge is -2.17. The molecule has 4 rings (SSSR count). The van der Waals surface area contributed by atoms with Gasteiger partial charge >= 0.3 is 0 Å². The molecule has 0 atom stereocenters. The van der Waals surface area contributed by atoms with Crippen LogP contribution in [0.1, 0.15) is 37.9 Å². The molecular formula is C21H24ClN3O. The highest BCUT2D eigenvalue weighted by Crippen LogP contribution is 2.28. The molecule has 1 fully saturated rings. The Kier molecular flexibility index (Phi) is 5.94. The van der Waals surface area contributed by atoms with Crippen molar-refractivity contribution in [1.82, 2.24) is 14.5 Å². The predicted molar refractivity (Wildman–Crippen MR) is 108 cm³/mol. The molecule has 0 bridgehead atoms. The van der Waals surface area contributed by atoms with Crippen LogP contribution in [0.25, 0.3) is 22.9 Å². The highest BCUT2D eigenvalue weighted by molar-refractivity contribution is 5.85. The van der Waals surface area contributed by atoms with Crippen LogP contribution in [0.3, 0.4) is 0 Å². The highest BCUT2D eigenvalue weighted by Gasteiger charge is 2.14. The fraction of sp³-hybridized carbons (Fsp3) is 0.333. The van der Waals surface area contributed by atoms with Crippen molar-refractivity contribution in [2.45, 2.75) is 32.1 Å². The number of benzene rings is 1. The van der Waals surface area contributed by atoms with E-state index >= 15 is 0 Å². The topological polar surface area (TPSA) is 39.9 Å². The summed E-state index contributed by atoms with van der Waals surface area (Å²) < 4.78 is 7.47. The van der Waals surface area contributed by atoms with Crippen molar-refractivity contribution < 1.29 is 4.74 Å². The lowest BCUT2D eigenvalue weighted by Crippen LogP contribution is -2.03. The van der Waals surface area contributed by atoms with Crippen LogP contribution in [-0.2, 0) is 0 Å². The van der Waals surface area contributed by atoms with E-state index in [0.717, 1.165) is 28.4 Å². The number of hydrogen-bond donors (Lipinski definition) is 0. The largest absolute Gasteiger partial charge is 0.497 e. The number of ether oxygens (including phenoxy) is 1. The van der Waals surface area contributed by atoms with Crippen LogP contribution in [0.4, 0.5) is 0 Å². The maximum Gasteiger partial charge on any atom is 0.139 e. The first kappa shape index (κ1) is 18.5. The summed E-state index contributed by atoms with van der Waals surface area (Å²) in [6, 6.07) is 12.0. The Bertz CT molecular complexity index is 883. The van der Waals surface area contributed by atoms with Gasteiger partial charge in [0.25, 0.3) is 0 Å². The lowest BCUT2D eigenvalue weighted by atomic mass is 9.89. The van der Waals surface area contributed by atoms with E-state index in [1.807, 2.05) is 42.6 Å². The molecule has 1 aliphatic rings. The Morgan fingerprint density at radius 1 is 1.12 bits per heavy atom. The molecule has 2 aromatic heterocycles. The van der Waals surface area contributed by atoms with Crippen LogP contribution in [0.15, 0.2) is 48.7 Å². The van der Waals surface area contributed by atoms with E-state index in [9.17, 15) is 0 Å². The van der Waals surface area contributed by atoms with Gasteiger partial charge in [-0.1, -0.05) is 31.4 Å². The van der Waals surface area contributed by atoms with Crippen LogP contribution in [0.2, 0.25) is 0 Å². The molecule has 0 amide bonds. The molecule has 0 aliphatic heterocycles. The first-order valence-corrected chi connectivity index (χ1v) is 9.01. The molecule has 0 unspecified atom stereocenters. The van der Waals surface area contributed by atoms with Crippen LogP contribution in [-0.4, -0.2) is 21.6 Å². The van der Waals surface area contributed by atoms with E-state index in [2.05, 4.69) is 21.7 Å². The number of nitrogens with zero attached hydrogens (tertiary/aromatic N) is 3. The summed E-state index contributed by atoms with van der Waals surface area (Å²) in [6.45, 7) is 0. The standard InChI is InChI=1S/C21H23N3O.ClH/c1-25-17-11-12-19-18(15-17)23-21(13-10-16-7-3-2-4-8-16)24(19)20-9-5-6-14-22-20;/h5-6,9-16H,2-4,7-8H2,1H3;1H. The van der Waals surface area contributed by atoms with Crippen molar-refractivity contribution >= 4 is 29.5 Å². The van der Waals surface area contributed by atoms with Crippen molar-refractivity contribution in [3.05, 3.63) is 54.5 Å². The minimum atomic E-state index is 0. The van der Waals surface area contributed by atoms with Gasteiger partial charge in [0.15, 0.2) is 0 Å². The number of fused-ring (bicyclic) bond motifs is 1. The predicted octanol–water partition coefficient (Wildman–Crippen LogP) is 5.44. The first-order valence-electron chi connectivity index (χ1n) is 9.01. The van der Waals surface area contributed by atoms with Gasteiger partial charge < -0.3 is 4.74 Å². The molecule has 1 aliphatic carbocycles. The zero-order chi connectivity index (χ0) is 17.1. The smallest absolute Gasteiger partial charge is 0.139 e. The molecule has 1 aromatic carbocycles. The molecule has 26 heavy (non-hydrogen) atoms. The average molecular weight is 370 g/mol. The summed E-state index contributed by atoms with van der Waals surface area (Å²) in [6.07, 6.45) is 12.9. The number of halogens is 1. The second-order valence-corrected chi connectivity index (χ2v) is 6.61. The Morgan fingerprint density at radius 3 is 2.69 bits per heavy atom. The quantitative estimate of drug-likeness (QED) is 0.614. The third-order valence-corrected chi connectivity index (χ3v) is 4.93. The molecule has 2 heterocycles. The first-order chi connectivity index (χ1) is 12.3. The van der Waals surface area contributed by atoms with Crippen LogP contribution >= 0.6 is 12.4 Å². The molecule has 3 aromatic rings. The summed E-state index contributed by atoms with van der Waals surface area (Å²) in [5.41, 5.74) is 1.97. The number of aromatic nitrogens is 3. The van der Waals surface area contributed by atoms with Gasteiger partial charge in [0, 0.05) is 12.3 Å². The number of imidazole rings is 1. The number of allylic oxidation sites excluding steroid dienone is 1. The monoisotopic (exact) mass is 369 g/mol. The van der Waals surface area contributed by atoms with Gasteiger partial charge in [0.2, 0.25) is 0 Å². The Labute approximate surface area is 160 Å². The number of hydrogen-bond acceptors (Lipinski definition) is 3. The highest BCUT2D eigenvalue weighted by atomic mass is 35.5. The van der Waals surface area contributed by atoms with E-state index in [1.165, 1.54) is 32.1 Å².